The summed E-state index contributed by atoms with van der Waals surface area (Å²) in [6.45, 7) is 3.31. The average Bonchev–Trinajstić information content (AvgIpc) is 2.93. The van der Waals surface area contributed by atoms with E-state index in [9.17, 15) is 14.4 Å². The molecule has 0 bridgehead atoms. The maximum Gasteiger partial charge on any atom is 0.325 e. The minimum absolute atomic E-state index is 0.0662. The largest absolute Gasteiger partial charge is 0.468 e. The van der Waals surface area contributed by atoms with Gasteiger partial charge in [-0.2, -0.15) is 0 Å². The van der Waals surface area contributed by atoms with E-state index in [0.717, 1.165) is 0 Å². The number of fused-ring (bicyclic) bond motifs is 1. The Morgan fingerprint density at radius 2 is 2.19 bits per heavy atom. The van der Waals surface area contributed by atoms with E-state index in [-0.39, 0.29) is 18.2 Å². The average molecular weight is 309 g/mol. The third-order valence-corrected chi connectivity index (χ3v) is 3.76. The smallest absolute Gasteiger partial charge is 0.325 e. The first kappa shape index (κ1) is 15.2. The van der Waals surface area contributed by atoms with Crippen molar-refractivity contribution in [3.8, 4) is 0 Å². The van der Waals surface area contributed by atoms with Gasteiger partial charge in [0.15, 0.2) is 4.96 Å². The molecule has 0 N–H and O–H groups in total. The van der Waals surface area contributed by atoms with Gasteiger partial charge in [0.25, 0.3) is 11.5 Å². The Morgan fingerprint density at radius 1 is 1.48 bits per heavy atom. The minimum atomic E-state index is -0.540. The second-order valence-electron chi connectivity index (χ2n) is 4.64. The lowest BCUT2D eigenvalue weighted by molar-refractivity contribution is -0.141. The monoisotopic (exact) mass is 309 g/mol. The molecule has 7 nitrogen and oxygen atoms in total. The molecule has 0 spiro atoms. The summed E-state index contributed by atoms with van der Waals surface area (Å²) in [7, 11) is 1.25. The van der Waals surface area contributed by atoms with Gasteiger partial charge in [0.2, 0.25) is 0 Å². The molecule has 2 heterocycles. The fraction of sp³-hybridized carbons (Fsp3) is 0.385. The molecule has 21 heavy (non-hydrogen) atoms. The Kier molecular flexibility index (Phi) is 4.37. The van der Waals surface area contributed by atoms with Gasteiger partial charge in [-0.3, -0.25) is 18.8 Å². The Morgan fingerprint density at radius 3 is 2.81 bits per heavy atom. The number of methoxy groups -OCH3 is 1. The van der Waals surface area contributed by atoms with Crippen LogP contribution in [0.2, 0.25) is 0 Å². The first-order valence-electron chi connectivity index (χ1n) is 6.28. The Balaban J connectivity index is 2.41. The molecule has 2 aromatic heterocycles. The summed E-state index contributed by atoms with van der Waals surface area (Å²) in [5.74, 6) is -1.07. The number of amides is 1. The van der Waals surface area contributed by atoms with Crippen molar-refractivity contribution in [1.82, 2.24) is 14.3 Å². The number of rotatable bonds is 4. The summed E-state index contributed by atoms with van der Waals surface area (Å²) in [6, 6.07) is -0.251. The molecule has 0 unspecified atom stereocenters. The summed E-state index contributed by atoms with van der Waals surface area (Å²) >= 11 is 1.30. The van der Waals surface area contributed by atoms with Crippen LogP contribution in [0.4, 0.5) is 0 Å². The third-order valence-electron chi connectivity index (χ3n) is 2.98. The Bertz CT molecular complexity index is 734. The predicted molar refractivity (Wildman–Crippen MR) is 77.5 cm³/mol. The van der Waals surface area contributed by atoms with Crippen LogP contribution in [0.5, 0.6) is 0 Å². The van der Waals surface area contributed by atoms with Crippen molar-refractivity contribution in [3.05, 3.63) is 33.7 Å². The number of hydrogen-bond acceptors (Lipinski definition) is 6. The standard InChI is InChI=1S/C13H15N3O4S/c1-8(2)16(7-10(17)20-3)12(19)9-6-14-13-15(11(9)18)4-5-21-13/h4-6,8H,7H2,1-3H3. The van der Waals surface area contributed by atoms with E-state index in [0.29, 0.717) is 4.96 Å². The second kappa shape index (κ2) is 6.04. The zero-order valence-electron chi connectivity index (χ0n) is 11.9. The van der Waals surface area contributed by atoms with Crippen LogP contribution in [-0.4, -0.2) is 45.9 Å². The van der Waals surface area contributed by atoms with Crippen molar-refractivity contribution in [2.45, 2.75) is 19.9 Å². The van der Waals surface area contributed by atoms with E-state index < -0.39 is 17.4 Å². The first-order chi connectivity index (χ1) is 9.95. The molecule has 0 aliphatic rings. The number of hydrogen-bond donors (Lipinski definition) is 0. The van der Waals surface area contributed by atoms with E-state index >= 15 is 0 Å². The van der Waals surface area contributed by atoms with Gasteiger partial charge in [-0.25, -0.2) is 4.98 Å². The minimum Gasteiger partial charge on any atom is -0.468 e. The van der Waals surface area contributed by atoms with Gasteiger partial charge in [-0.05, 0) is 13.8 Å². The van der Waals surface area contributed by atoms with Gasteiger partial charge >= 0.3 is 5.97 Å². The number of ether oxygens (including phenoxy) is 1. The zero-order chi connectivity index (χ0) is 15.6. The highest BCUT2D eigenvalue weighted by Gasteiger charge is 2.25. The number of carbonyl (C=O) groups excluding carboxylic acids is 2. The molecule has 0 aliphatic heterocycles. The lowest BCUT2D eigenvalue weighted by Crippen LogP contribution is -2.43. The summed E-state index contributed by atoms with van der Waals surface area (Å²) < 4.78 is 5.89. The molecule has 0 aromatic carbocycles. The van der Waals surface area contributed by atoms with Crippen molar-refractivity contribution in [1.29, 1.82) is 0 Å². The first-order valence-corrected chi connectivity index (χ1v) is 7.16. The number of carbonyl (C=O) groups is 2. The fourth-order valence-corrected chi connectivity index (χ4v) is 2.49. The van der Waals surface area contributed by atoms with Crippen LogP contribution in [0, 0.1) is 0 Å². The van der Waals surface area contributed by atoms with Gasteiger partial charge in [0.05, 0.1) is 7.11 Å². The zero-order valence-corrected chi connectivity index (χ0v) is 12.7. The lowest BCUT2D eigenvalue weighted by atomic mass is 10.2. The maximum atomic E-state index is 12.5. The summed E-state index contributed by atoms with van der Waals surface area (Å²) in [6.07, 6.45) is 2.81. The summed E-state index contributed by atoms with van der Waals surface area (Å²) in [5, 5.41) is 1.71. The molecule has 112 valence electrons. The Hall–Kier alpha value is -2.22. The molecule has 0 saturated carbocycles. The second-order valence-corrected chi connectivity index (χ2v) is 5.51. The number of thiazole rings is 1. The molecule has 0 radical (unpaired) electrons. The van der Waals surface area contributed by atoms with Crippen LogP contribution in [0.15, 0.2) is 22.6 Å². The molecular weight excluding hydrogens is 294 g/mol. The van der Waals surface area contributed by atoms with Crippen molar-refractivity contribution in [2.24, 2.45) is 0 Å². The highest BCUT2D eigenvalue weighted by Crippen LogP contribution is 2.09. The van der Waals surface area contributed by atoms with Crippen LogP contribution < -0.4 is 5.56 Å². The molecule has 0 fully saturated rings. The SMILES string of the molecule is COC(=O)CN(C(=O)c1cnc2sccn2c1=O)C(C)C. The highest BCUT2D eigenvalue weighted by molar-refractivity contribution is 7.15. The van der Waals surface area contributed by atoms with Gasteiger partial charge in [-0.1, -0.05) is 0 Å². The van der Waals surface area contributed by atoms with Crippen LogP contribution in [0.1, 0.15) is 24.2 Å². The number of aromatic nitrogens is 2. The topological polar surface area (TPSA) is 81.0 Å². The normalized spacial score (nSPS) is 10.9. The van der Waals surface area contributed by atoms with Crippen LogP contribution >= 0.6 is 11.3 Å². The van der Waals surface area contributed by atoms with E-state index in [1.807, 2.05) is 0 Å². The van der Waals surface area contributed by atoms with Crippen molar-refractivity contribution < 1.29 is 14.3 Å². The lowest BCUT2D eigenvalue weighted by Gasteiger charge is -2.25. The molecule has 2 aromatic rings. The quantitative estimate of drug-likeness (QED) is 0.780. The molecule has 2 rings (SSSR count). The van der Waals surface area contributed by atoms with Crippen LogP contribution in [0.25, 0.3) is 4.96 Å². The van der Waals surface area contributed by atoms with Gasteiger partial charge < -0.3 is 9.64 Å². The fourth-order valence-electron chi connectivity index (χ4n) is 1.82. The van der Waals surface area contributed by atoms with E-state index in [2.05, 4.69) is 9.72 Å². The molecule has 0 aliphatic carbocycles. The van der Waals surface area contributed by atoms with E-state index in [1.165, 1.54) is 33.9 Å². The van der Waals surface area contributed by atoms with Gasteiger partial charge in [0, 0.05) is 23.8 Å². The molecule has 0 saturated heterocycles. The van der Waals surface area contributed by atoms with Crippen LogP contribution in [0.3, 0.4) is 0 Å². The summed E-state index contributed by atoms with van der Waals surface area (Å²) in [4.78, 5) is 42.1. The number of esters is 1. The molecular formula is C13H15N3O4S. The summed E-state index contributed by atoms with van der Waals surface area (Å²) in [5.41, 5.74) is -0.509. The molecule has 0 atom stereocenters. The number of nitrogens with zero attached hydrogens (tertiary/aromatic N) is 3. The maximum absolute atomic E-state index is 12.5. The van der Waals surface area contributed by atoms with Crippen molar-refractivity contribution in [2.75, 3.05) is 13.7 Å². The van der Waals surface area contributed by atoms with Crippen molar-refractivity contribution >= 4 is 28.2 Å². The molecule has 8 heteroatoms. The molecule has 1 amide bonds. The van der Waals surface area contributed by atoms with Gasteiger partial charge in [-0.15, -0.1) is 11.3 Å². The van der Waals surface area contributed by atoms with E-state index in [4.69, 9.17) is 0 Å². The van der Waals surface area contributed by atoms with Gasteiger partial charge in [0.1, 0.15) is 12.1 Å². The Labute approximate surface area is 124 Å². The van der Waals surface area contributed by atoms with Crippen molar-refractivity contribution in [3.63, 3.8) is 0 Å². The predicted octanol–water partition coefficient (Wildman–Crippen LogP) is 0.780. The third kappa shape index (κ3) is 2.94. The highest BCUT2D eigenvalue weighted by atomic mass is 32.1. The van der Waals surface area contributed by atoms with Crippen LogP contribution in [-0.2, 0) is 9.53 Å². The van der Waals surface area contributed by atoms with E-state index in [1.54, 1.807) is 25.4 Å².